The molecule has 1 fully saturated rings. The molecule has 0 aliphatic carbocycles. The first-order chi connectivity index (χ1) is 13.9. The molecule has 2 aromatic carbocycles. The van der Waals surface area contributed by atoms with Gasteiger partial charge in [-0.25, -0.2) is 0 Å². The monoisotopic (exact) mass is 394 g/mol. The third-order valence-electron chi connectivity index (χ3n) is 4.99. The van der Waals surface area contributed by atoms with Crippen molar-refractivity contribution in [1.82, 2.24) is 0 Å². The standard InChI is InChI=1S/C23H26N2O4/c1-4-17-7-5-6-8-20(17)24-21(26)14-29-23(28)18-12-22(27)25(13-18)19-10-15(2)9-16(3)11-19/h5-11,18H,4,12-14H2,1-3H3,(H,24,26)/t18-/m1/s1. The van der Waals surface area contributed by atoms with E-state index in [1.165, 1.54) is 0 Å². The minimum atomic E-state index is -0.570. The van der Waals surface area contributed by atoms with Crippen LogP contribution in [0.15, 0.2) is 42.5 Å². The average molecular weight is 394 g/mol. The minimum Gasteiger partial charge on any atom is -0.455 e. The summed E-state index contributed by atoms with van der Waals surface area (Å²) in [5.41, 5.74) is 4.63. The summed E-state index contributed by atoms with van der Waals surface area (Å²) in [6, 6.07) is 13.4. The highest BCUT2D eigenvalue weighted by atomic mass is 16.5. The fraction of sp³-hybridized carbons (Fsp3) is 0.348. The van der Waals surface area contributed by atoms with Crippen molar-refractivity contribution in [2.75, 3.05) is 23.4 Å². The van der Waals surface area contributed by atoms with Gasteiger partial charge < -0.3 is 15.0 Å². The second kappa shape index (κ2) is 8.90. The van der Waals surface area contributed by atoms with Crippen molar-refractivity contribution in [2.24, 2.45) is 5.92 Å². The number of carbonyl (C=O) groups excluding carboxylic acids is 3. The smallest absolute Gasteiger partial charge is 0.311 e. The van der Waals surface area contributed by atoms with Crippen LogP contribution in [0.5, 0.6) is 0 Å². The predicted octanol–water partition coefficient (Wildman–Crippen LogP) is 3.40. The van der Waals surface area contributed by atoms with E-state index in [1.54, 1.807) is 4.90 Å². The molecule has 6 nitrogen and oxygen atoms in total. The van der Waals surface area contributed by atoms with Gasteiger partial charge in [0, 0.05) is 24.3 Å². The maximum Gasteiger partial charge on any atom is 0.311 e. The zero-order valence-electron chi connectivity index (χ0n) is 17.0. The zero-order valence-corrected chi connectivity index (χ0v) is 17.0. The molecular weight excluding hydrogens is 368 g/mol. The number of esters is 1. The second-order valence-corrected chi connectivity index (χ2v) is 7.42. The number of benzene rings is 2. The van der Waals surface area contributed by atoms with E-state index in [1.807, 2.05) is 63.2 Å². The van der Waals surface area contributed by atoms with Crippen molar-refractivity contribution in [3.05, 3.63) is 59.2 Å². The van der Waals surface area contributed by atoms with Crippen molar-refractivity contribution in [1.29, 1.82) is 0 Å². The lowest BCUT2D eigenvalue weighted by atomic mass is 10.1. The Morgan fingerprint density at radius 1 is 1.14 bits per heavy atom. The molecule has 1 atom stereocenters. The van der Waals surface area contributed by atoms with Gasteiger partial charge in [-0.2, -0.15) is 0 Å². The summed E-state index contributed by atoms with van der Waals surface area (Å²) in [6.07, 6.45) is 0.876. The summed E-state index contributed by atoms with van der Waals surface area (Å²) >= 11 is 0. The molecule has 152 valence electrons. The van der Waals surface area contributed by atoms with Crippen LogP contribution < -0.4 is 10.2 Å². The molecule has 1 heterocycles. The molecule has 0 aromatic heterocycles. The first-order valence-electron chi connectivity index (χ1n) is 9.80. The lowest BCUT2D eigenvalue weighted by Gasteiger charge is -2.18. The van der Waals surface area contributed by atoms with Gasteiger partial charge in [-0.3, -0.25) is 14.4 Å². The normalized spacial score (nSPS) is 16.0. The van der Waals surface area contributed by atoms with E-state index in [0.717, 1.165) is 28.8 Å². The summed E-state index contributed by atoms with van der Waals surface area (Å²) in [4.78, 5) is 38.6. The van der Waals surface area contributed by atoms with Crippen LogP contribution in [-0.2, 0) is 25.5 Å². The quantitative estimate of drug-likeness (QED) is 0.762. The zero-order chi connectivity index (χ0) is 21.0. The number of ether oxygens (including phenoxy) is 1. The van der Waals surface area contributed by atoms with E-state index in [0.29, 0.717) is 5.69 Å². The van der Waals surface area contributed by atoms with Crippen molar-refractivity contribution in [3.63, 3.8) is 0 Å². The predicted molar refractivity (Wildman–Crippen MR) is 112 cm³/mol. The van der Waals surface area contributed by atoms with Gasteiger partial charge in [-0.05, 0) is 55.2 Å². The van der Waals surface area contributed by atoms with Gasteiger partial charge in [0.15, 0.2) is 6.61 Å². The van der Waals surface area contributed by atoms with Crippen molar-refractivity contribution >= 4 is 29.2 Å². The molecule has 2 amide bonds. The molecule has 0 bridgehead atoms. The van der Waals surface area contributed by atoms with Gasteiger partial charge in [0.25, 0.3) is 5.91 Å². The van der Waals surface area contributed by atoms with Crippen LogP contribution in [0.1, 0.15) is 30.0 Å². The Bertz CT molecular complexity index is 918. The summed E-state index contributed by atoms with van der Waals surface area (Å²) in [6.45, 7) is 5.84. The lowest BCUT2D eigenvalue weighted by molar-refractivity contribution is -0.151. The van der Waals surface area contributed by atoms with E-state index in [4.69, 9.17) is 4.74 Å². The fourth-order valence-electron chi connectivity index (χ4n) is 3.61. The van der Waals surface area contributed by atoms with E-state index >= 15 is 0 Å². The van der Waals surface area contributed by atoms with Gasteiger partial charge >= 0.3 is 5.97 Å². The van der Waals surface area contributed by atoms with Crippen LogP contribution in [0.25, 0.3) is 0 Å². The van der Waals surface area contributed by atoms with Crippen molar-refractivity contribution in [2.45, 2.75) is 33.6 Å². The van der Waals surface area contributed by atoms with E-state index < -0.39 is 17.8 Å². The molecule has 0 unspecified atom stereocenters. The maximum absolute atomic E-state index is 12.4. The summed E-state index contributed by atoms with van der Waals surface area (Å²) in [5, 5.41) is 2.77. The molecule has 0 spiro atoms. The molecule has 3 rings (SSSR count). The van der Waals surface area contributed by atoms with Crippen LogP contribution in [0.3, 0.4) is 0 Å². The van der Waals surface area contributed by atoms with Crippen LogP contribution in [0, 0.1) is 19.8 Å². The Hall–Kier alpha value is -3.15. The summed E-state index contributed by atoms with van der Waals surface area (Å²) in [7, 11) is 0. The highest BCUT2D eigenvalue weighted by Crippen LogP contribution is 2.27. The van der Waals surface area contributed by atoms with Gasteiger partial charge in [0.1, 0.15) is 0 Å². The van der Waals surface area contributed by atoms with E-state index in [-0.39, 0.29) is 25.5 Å². The van der Waals surface area contributed by atoms with Crippen LogP contribution in [0.4, 0.5) is 11.4 Å². The molecule has 1 aliphatic heterocycles. The number of hydrogen-bond acceptors (Lipinski definition) is 4. The molecule has 0 radical (unpaired) electrons. The Morgan fingerprint density at radius 2 is 1.83 bits per heavy atom. The molecule has 6 heteroatoms. The first kappa shape index (κ1) is 20.6. The number of hydrogen-bond donors (Lipinski definition) is 1. The fourth-order valence-corrected chi connectivity index (χ4v) is 3.61. The maximum atomic E-state index is 12.4. The number of amides is 2. The Labute approximate surface area is 170 Å². The highest BCUT2D eigenvalue weighted by molar-refractivity contribution is 6.00. The molecule has 1 aliphatic rings. The largest absolute Gasteiger partial charge is 0.455 e. The highest BCUT2D eigenvalue weighted by Gasteiger charge is 2.36. The molecule has 0 saturated carbocycles. The molecular formula is C23H26N2O4. The topological polar surface area (TPSA) is 75.7 Å². The van der Waals surface area contributed by atoms with Crippen LogP contribution in [-0.4, -0.2) is 30.9 Å². The summed E-state index contributed by atoms with van der Waals surface area (Å²) in [5.74, 6) is -1.60. The molecule has 29 heavy (non-hydrogen) atoms. The summed E-state index contributed by atoms with van der Waals surface area (Å²) < 4.78 is 5.18. The van der Waals surface area contributed by atoms with Crippen molar-refractivity contribution < 1.29 is 19.1 Å². The molecule has 2 aromatic rings. The van der Waals surface area contributed by atoms with Gasteiger partial charge in [0.05, 0.1) is 5.92 Å². The lowest BCUT2D eigenvalue weighted by Crippen LogP contribution is -2.28. The third kappa shape index (κ3) is 5.02. The number of nitrogens with one attached hydrogen (secondary N) is 1. The molecule has 1 saturated heterocycles. The number of rotatable bonds is 6. The Balaban J connectivity index is 1.56. The second-order valence-electron chi connectivity index (χ2n) is 7.42. The number of carbonyl (C=O) groups is 3. The van der Waals surface area contributed by atoms with Gasteiger partial charge in [0.2, 0.25) is 5.91 Å². The number of aryl methyl sites for hydroxylation is 3. The number of anilines is 2. The van der Waals surface area contributed by atoms with Gasteiger partial charge in [-0.1, -0.05) is 31.2 Å². The van der Waals surface area contributed by atoms with E-state index in [2.05, 4.69) is 5.32 Å². The average Bonchev–Trinajstić information content (AvgIpc) is 3.07. The number of para-hydroxylation sites is 1. The number of nitrogens with zero attached hydrogens (tertiary/aromatic N) is 1. The third-order valence-corrected chi connectivity index (χ3v) is 4.99. The van der Waals surface area contributed by atoms with Crippen LogP contribution in [0.2, 0.25) is 0 Å². The van der Waals surface area contributed by atoms with Gasteiger partial charge in [-0.15, -0.1) is 0 Å². The molecule has 1 N–H and O–H groups in total. The van der Waals surface area contributed by atoms with Crippen LogP contribution >= 0.6 is 0 Å². The van der Waals surface area contributed by atoms with E-state index in [9.17, 15) is 14.4 Å². The Morgan fingerprint density at radius 3 is 2.52 bits per heavy atom. The minimum absolute atomic E-state index is 0.0894. The SMILES string of the molecule is CCc1ccccc1NC(=O)COC(=O)[C@@H]1CC(=O)N(c2cc(C)cc(C)c2)C1. The van der Waals surface area contributed by atoms with Crippen molar-refractivity contribution in [3.8, 4) is 0 Å². The first-order valence-corrected chi connectivity index (χ1v) is 9.80. The Kier molecular flexibility index (Phi) is 6.32.